The first kappa shape index (κ1) is 11.9. The fourth-order valence-corrected chi connectivity index (χ4v) is 2.10. The Morgan fingerprint density at radius 1 is 1.47 bits per heavy atom. The molecule has 1 unspecified atom stereocenters. The number of hydrogen-bond acceptors (Lipinski definition) is 3. The van der Waals surface area contributed by atoms with Gasteiger partial charge in [0.15, 0.2) is 0 Å². The Hall–Kier alpha value is -1.55. The summed E-state index contributed by atoms with van der Waals surface area (Å²) in [7, 11) is 0. The minimum absolute atomic E-state index is 0.0731. The molecule has 1 amide bonds. The van der Waals surface area contributed by atoms with E-state index >= 15 is 0 Å². The van der Waals surface area contributed by atoms with Crippen molar-refractivity contribution in [2.24, 2.45) is 0 Å². The maximum Gasteiger partial charge on any atom is 0.410 e. The zero-order valence-electron chi connectivity index (χ0n) is 10.1. The van der Waals surface area contributed by atoms with Gasteiger partial charge in [-0.3, -0.25) is 4.90 Å². The summed E-state index contributed by atoms with van der Waals surface area (Å²) >= 11 is 0. The van der Waals surface area contributed by atoms with E-state index in [9.17, 15) is 4.79 Å². The lowest BCUT2D eigenvalue weighted by Crippen LogP contribution is -2.48. The first-order valence-electron chi connectivity index (χ1n) is 6.02. The summed E-state index contributed by atoms with van der Waals surface area (Å²) in [5.74, 6) is 0. The van der Waals surface area contributed by atoms with E-state index in [1.165, 1.54) is 0 Å². The zero-order valence-corrected chi connectivity index (χ0v) is 10.1. The third-order valence-electron chi connectivity index (χ3n) is 2.93. The highest BCUT2D eigenvalue weighted by atomic mass is 16.6. The molecular weight excluding hydrogens is 216 g/mol. The predicted octanol–water partition coefficient (Wildman–Crippen LogP) is 1.79. The summed E-state index contributed by atoms with van der Waals surface area (Å²) in [5, 5.41) is 3.31. The molecule has 1 saturated heterocycles. The van der Waals surface area contributed by atoms with Crippen LogP contribution in [0, 0.1) is 0 Å². The van der Waals surface area contributed by atoms with E-state index in [2.05, 4.69) is 5.32 Å². The van der Waals surface area contributed by atoms with Gasteiger partial charge >= 0.3 is 6.09 Å². The van der Waals surface area contributed by atoms with Gasteiger partial charge in [0, 0.05) is 19.6 Å². The number of hydrogen-bond donors (Lipinski definition) is 1. The van der Waals surface area contributed by atoms with Crippen molar-refractivity contribution in [3.63, 3.8) is 0 Å². The zero-order chi connectivity index (χ0) is 12.1. The molecule has 1 aliphatic rings. The van der Waals surface area contributed by atoms with Crippen molar-refractivity contribution in [2.45, 2.75) is 13.0 Å². The molecule has 1 aliphatic heterocycles. The first-order valence-corrected chi connectivity index (χ1v) is 6.02. The van der Waals surface area contributed by atoms with Gasteiger partial charge in [0.25, 0.3) is 0 Å². The van der Waals surface area contributed by atoms with Crippen LogP contribution in [0.25, 0.3) is 0 Å². The fraction of sp³-hybridized carbons (Fsp3) is 0.462. The van der Waals surface area contributed by atoms with Crippen LogP contribution in [0.15, 0.2) is 30.3 Å². The molecule has 0 bridgehead atoms. The van der Waals surface area contributed by atoms with E-state index in [0.717, 1.165) is 18.7 Å². The van der Waals surface area contributed by atoms with Gasteiger partial charge in [0.1, 0.15) is 0 Å². The Morgan fingerprint density at radius 2 is 2.24 bits per heavy atom. The van der Waals surface area contributed by atoms with Gasteiger partial charge in [-0.1, -0.05) is 30.3 Å². The van der Waals surface area contributed by atoms with E-state index in [0.29, 0.717) is 13.2 Å². The standard InChI is InChI=1S/C13H18N2O2/c1-2-17-13(16)15-9-8-14-10-12(15)11-6-4-3-5-7-11/h3-7,12,14H,2,8-10H2,1H3. The van der Waals surface area contributed by atoms with Crippen molar-refractivity contribution < 1.29 is 9.53 Å². The molecule has 4 nitrogen and oxygen atoms in total. The van der Waals surface area contributed by atoms with Crippen LogP contribution in [-0.4, -0.2) is 37.2 Å². The molecule has 4 heteroatoms. The molecule has 1 aromatic carbocycles. The summed E-state index contributed by atoms with van der Waals surface area (Å²) < 4.78 is 5.09. The smallest absolute Gasteiger partial charge is 0.410 e. The molecule has 17 heavy (non-hydrogen) atoms. The predicted molar refractivity (Wildman–Crippen MR) is 65.8 cm³/mol. The van der Waals surface area contributed by atoms with Gasteiger partial charge in [-0.05, 0) is 12.5 Å². The highest BCUT2D eigenvalue weighted by molar-refractivity contribution is 5.68. The number of nitrogens with zero attached hydrogens (tertiary/aromatic N) is 1. The Kier molecular flexibility index (Phi) is 3.98. The molecule has 1 heterocycles. The average molecular weight is 234 g/mol. The molecule has 0 aliphatic carbocycles. The maximum atomic E-state index is 11.9. The third-order valence-corrected chi connectivity index (χ3v) is 2.93. The highest BCUT2D eigenvalue weighted by Crippen LogP contribution is 2.22. The second-order valence-corrected chi connectivity index (χ2v) is 4.02. The quantitative estimate of drug-likeness (QED) is 0.848. The fourth-order valence-electron chi connectivity index (χ4n) is 2.10. The number of carbonyl (C=O) groups is 1. The highest BCUT2D eigenvalue weighted by Gasteiger charge is 2.28. The molecule has 0 spiro atoms. The number of amides is 1. The van der Waals surface area contributed by atoms with Gasteiger partial charge < -0.3 is 10.1 Å². The Balaban J connectivity index is 2.15. The number of ether oxygens (including phenoxy) is 1. The van der Waals surface area contributed by atoms with E-state index in [4.69, 9.17) is 4.74 Å². The number of carbonyl (C=O) groups excluding carboxylic acids is 1. The van der Waals surface area contributed by atoms with Crippen LogP contribution >= 0.6 is 0 Å². The van der Waals surface area contributed by atoms with Crippen LogP contribution in [0.4, 0.5) is 4.79 Å². The van der Waals surface area contributed by atoms with Gasteiger partial charge in [0.2, 0.25) is 0 Å². The van der Waals surface area contributed by atoms with Crippen LogP contribution in [0.5, 0.6) is 0 Å². The first-order chi connectivity index (χ1) is 8.33. The molecule has 0 aromatic heterocycles. The molecule has 1 fully saturated rings. The topological polar surface area (TPSA) is 41.6 Å². The van der Waals surface area contributed by atoms with Crippen LogP contribution in [-0.2, 0) is 4.74 Å². The van der Waals surface area contributed by atoms with Crippen molar-refractivity contribution in [1.82, 2.24) is 10.2 Å². The summed E-state index contributed by atoms with van der Waals surface area (Å²) in [6.45, 7) is 4.55. The van der Waals surface area contributed by atoms with Gasteiger partial charge in [-0.25, -0.2) is 4.79 Å². The van der Waals surface area contributed by atoms with Gasteiger partial charge in [0.05, 0.1) is 12.6 Å². The third kappa shape index (κ3) is 2.77. The van der Waals surface area contributed by atoms with Gasteiger partial charge in [-0.2, -0.15) is 0 Å². The van der Waals surface area contributed by atoms with Crippen molar-refractivity contribution in [1.29, 1.82) is 0 Å². The summed E-state index contributed by atoms with van der Waals surface area (Å²) in [6, 6.07) is 10.1. The summed E-state index contributed by atoms with van der Waals surface area (Å²) in [5.41, 5.74) is 1.15. The van der Waals surface area contributed by atoms with Crippen molar-refractivity contribution in [2.75, 3.05) is 26.2 Å². The van der Waals surface area contributed by atoms with E-state index in [1.807, 2.05) is 37.3 Å². The van der Waals surface area contributed by atoms with E-state index < -0.39 is 0 Å². The lowest BCUT2D eigenvalue weighted by Gasteiger charge is -2.35. The minimum Gasteiger partial charge on any atom is -0.450 e. The SMILES string of the molecule is CCOC(=O)N1CCNCC1c1ccccc1. The van der Waals surface area contributed by atoms with Gasteiger partial charge in [-0.15, -0.1) is 0 Å². The minimum atomic E-state index is -0.220. The number of piperazine rings is 1. The monoisotopic (exact) mass is 234 g/mol. The Morgan fingerprint density at radius 3 is 2.94 bits per heavy atom. The lowest BCUT2D eigenvalue weighted by atomic mass is 10.0. The van der Waals surface area contributed by atoms with Crippen LogP contribution in [0.2, 0.25) is 0 Å². The molecule has 1 N–H and O–H groups in total. The summed E-state index contributed by atoms with van der Waals surface area (Å²) in [4.78, 5) is 13.7. The van der Waals surface area contributed by atoms with Crippen LogP contribution in [0.3, 0.4) is 0 Å². The van der Waals surface area contributed by atoms with Crippen molar-refractivity contribution in [3.05, 3.63) is 35.9 Å². The molecular formula is C13H18N2O2. The molecule has 2 rings (SSSR count). The summed E-state index contributed by atoms with van der Waals surface area (Å²) in [6.07, 6.45) is -0.220. The number of benzene rings is 1. The lowest BCUT2D eigenvalue weighted by molar-refractivity contribution is 0.0811. The Bertz CT molecular complexity index is 367. The van der Waals surface area contributed by atoms with Crippen molar-refractivity contribution in [3.8, 4) is 0 Å². The van der Waals surface area contributed by atoms with Crippen molar-refractivity contribution >= 4 is 6.09 Å². The van der Waals surface area contributed by atoms with Crippen LogP contribution < -0.4 is 5.32 Å². The number of rotatable bonds is 2. The number of nitrogens with one attached hydrogen (secondary N) is 1. The molecule has 1 atom stereocenters. The second kappa shape index (κ2) is 5.68. The maximum absolute atomic E-state index is 11.9. The average Bonchev–Trinajstić information content (AvgIpc) is 2.40. The van der Waals surface area contributed by atoms with Crippen LogP contribution in [0.1, 0.15) is 18.5 Å². The normalized spacial score (nSPS) is 20.1. The largest absolute Gasteiger partial charge is 0.450 e. The Labute approximate surface area is 102 Å². The molecule has 0 saturated carbocycles. The van der Waals surface area contributed by atoms with E-state index in [1.54, 1.807) is 4.90 Å². The molecule has 0 radical (unpaired) electrons. The molecule has 92 valence electrons. The second-order valence-electron chi connectivity index (χ2n) is 4.02. The molecule has 1 aromatic rings. The van der Waals surface area contributed by atoms with E-state index in [-0.39, 0.29) is 12.1 Å².